The van der Waals surface area contributed by atoms with Gasteiger partial charge in [-0.3, -0.25) is 0 Å². The third-order valence-corrected chi connectivity index (χ3v) is 4.03. The van der Waals surface area contributed by atoms with Crippen LogP contribution < -0.4 is 4.67 Å². The summed E-state index contributed by atoms with van der Waals surface area (Å²) in [4.78, 5) is 4.39. The molecule has 1 heterocycles. The van der Waals surface area contributed by atoms with Gasteiger partial charge < -0.3 is 0 Å². The minimum absolute atomic E-state index is 0.516. The molecular formula is C10H6ClN3S2. The van der Waals surface area contributed by atoms with Crippen LogP contribution in [0.5, 0.6) is 0 Å². The maximum Gasteiger partial charge on any atom is 0.150 e. The molecule has 0 saturated carbocycles. The van der Waals surface area contributed by atoms with Gasteiger partial charge in [0.25, 0.3) is 0 Å². The van der Waals surface area contributed by atoms with Crippen molar-refractivity contribution in [2.75, 3.05) is 0 Å². The molecule has 0 N–H and O–H groups in total. The topological polar surface area (TPSA) is 49.0 Å². The molecule has 0 atom stereocenters. The number of hydrogen-bond acceptors (Lipinski definition) is 5. The molecule has 0 aliphatic heterocycles. The summed E-state index contributed by atoms with van der Waals surface area (Å²) < 4.78 is 4.96. The van der Waals surface area contributed by atoms with Crippen LogP contribution in [0.25, 0.3) is 0 Å². The standard InChI is InChI=1S/C10H6ClN3S2/c1-6-10(15-16-14-6)13-9-4-8(11)3-2-7(9)5-12/h2-4H,1H3/b13-10-. The van der Waals surface area contributed by atoms with Crippen LogP contribution >= 0.6 is 32.5 Å². The van der Waals surface area contributed by atoms with Gasteiger partial charge in [0.05, 0.1) is 16.9 Å². The Morgan fingerprint density at radius 1 is 1.50 bits per heavy atom. The predicted molar refractivity (Wildman–Crippen MR) is 66.1 cm³/mol. The van der Waals surface area contributed by atoms with Crippen molar-refractivity contribution >= 4 is 38.2 Å². The van der Waals surface area contributed by atoms with E-state index in [1.54, 1.807) is 18.2 Å². The molecule has 1 aromatic carbocycles. The minimum Gasteiger partial charge on any atom is -0.234 e. The van der Waals surface area contributed by atoms with Gasteiger partial charge in [-0.25, -0.2) is 4.99 Å². The van der Waals surface area contributed by atoms with E-state index in [1.165, 1.54) is 20.9 Å². The first-order chi connectivity index (χ1) is 7.70. The molecule has 80 valence electrons. The fourth-order valence-electron chi connectivity index (χ4n) is 1.11. The molecule has 0 aliphatic carbocycles. The van der Waals surface area contributed by atoms with Crippen molar-refractivity contribution < 1.29 is 0 Å². The average molecular weight is 268 g/mol. The molecule has 0 radical (unpaired) electrons. The van der Waals surface area contributed by atoms with Gasteiger partial charge in [-0.05, 0) is 35.5 Å². The molecule has 16 heavy (non-hydrogen) atoms. The number of hydrogen-bond donors (Lipinski definition) is 0. The monoisotopic (exact) mass is 267 g/mol. The number of aromatic nitrogens is 1. The van der Waals surface area contributed by atoms with Crippen molar-refractivity contribution in [3.05, 3.63) is 39.2 Å². The summed E-state index contributed by atoms with van der Waals surface area (Å²) in [6.07, 6.45) is 0. The first kappa shape index (κ1) is 11.3. The van der Waals surface area contributed by atoms with Crippen molar-refractivity contribution in [3.8, 4) is 6.07 Å². The number of rotatable bonds is 1. The van der Waals surface area contributed by atoms with Gasteiger partial charge in [0, 0.05) is 15.6 Å². The lowest BCUT2D eigenvalue weighted by Gasteiger charge is -1.96. The number of nitrogens with zero attached hydrogens (tertiary/aromatic N) is 3. The number of halogens is 1. The van der Waals surface area contributed by atoms with Gasteiger partial charge in [0.2, 0.25) is 0 Å². The van der Waals surface area contributed by atoms with Crippen molar-refractivity contribution in [2.24, 2.45) is 4.99 Å². The van der Waals surface area contributed by atoms with Crippen LogP contribution in [0.4, 0.5) is 5.69 Å². The van der Waals surface area contributed by atoms with Crippen LogP contribution in [-0.2, 0) is 0 Å². The molecule has 0 amide bonds. The zero-order chi connectivity index (χ0) is 11.5. The van der Waals surface area contributed by atoms with Gasteiger partial charge in [-0.15, -0.1) is 0 Å². The van der Waals surface area contributed by atoms with E-state index in [9.17, 15) is 0 Å². The Morgan fingerprint density at radius 3 is 2.94 bits per heavy atom. The molecular weight excluding hydrogens is 262 g/mol. The Hall–Kier alpha value is -1.22. The third kappa shape index (κ3) is 2.30. The van der Waals surface area contributed by atoms with E-state index in [0.29, 0.717) is 16.3 Å². The molecule has 3 nitrogen and oxygen atoms in total. The normalized spacial score (nSPS) is 11.4. The van der Waals surface area contributed by atoms with Crippen LogP contribution in [0.15, 0.2) is 23.2 Å². The Kier molecular flexibility index (Phi) is 3.34. The molecule has 0 saturated heterocycles. The summed E-state index contributed by atoms with van der Waals surface area (Å²) >= 11 is 5.87. The second-order valence-electron chi connectivity index (χ2n) is 3.02. The van der Waals surface area contributed by atoms with E-state index in [-0.39, 0.29) is 0 Å². The third-order valence-electron chi connectivity index (χ3n) is 1.90. The molecule has 2 rings (SSSR count). The molecule has 1 aromatic heterocycles. The van der Waals surface area contributed by atoms with Crippen molar-refractivity contribution in [2.45, 2.75) is 6.92 Å². The smallest absolute Gasteiger partial charge is 0.150 e. The first-order valence-corrected chi connectivity index (χ1v) is 6.86. The van der Waals surface area contributed by atoms with E-state index in [4.69, 9.17) is 16.9 Å². The summed E-state index contributed by atoms with van der Waals surface area (Å²) in [5.74, 6) is 0. The highest BCUT2D eigenvalue weighted by molar-refractivity contribution is 7.66. The molecule has 0 unspecified atom stereocenters. The average Bonchev–Trinajstić information content (AvgIpc) is 2.65. The maximum atomic E-state index is 8.94. The van der Waals surface area contributed by atoms with Crippen molar-refractivity contribution in [1.82, 2.24) is 4.37 Å². The van der Waals surface area contributed by atoms with Crippen LogP contribution in [0.2, 0.25) is 5.02 Å². The van der Waals surface area contributed by atoms with Crippen molar-refractivity contribution in [3.63, 3.8) is 0 Å². The second kappa shape index (κ2) is 4.74. The quantitative estimate of drug-likeness (QED) is 0.745. The fourth-order valence-corrected chi connectivity index (χ4v) is 3.07. The summed E-state index contributed by atoms with van der Waals surface area (Å²) in [5, 5.41) is 9.52. The highest BCUT2D eigenvalue weighted by Crippen LogP contribution is 2.22. The van der Waals surface area contributed by atoms with E-state index in [1.807, 2.05) is 6.92 Å². The van der Waals surface area contributed by atoms with Gasteiger partial charge in [-0.2, -0.15) is 9.64 Å². The second-order valence-corrected chi connectivity index (χ2v) is 5.29. The van der Waals surface area contributed by atoms with Crippen LogP contribution in [0.3, 0.4) is 0 Å². The van der Waals surface area contributed by atoms with Gasteiger partial charge in [-0.1, -0.05) is 11.6 Å². The van der Waals surface area contributed by atoms with E-state index >= 15 is 0 Å². The van der Waals surface area contributed by atoms with Gasteiger partial charge in [0.1, 0.15) is 6.07 Å². The van der Waals surface area contributed by atoms with Crippen LogP contribution in [-0.4, -0.2) is 4.37 Å². The number of nitriles is 1. The summed E-state index contributed by atoms with van der Waals surface area (Å²) in [6, 6.07) is 7.12. The lowest BCUT2D eigenvalue weighted by atomic mass is 10.2. The molecule has 6 heteroatoms. The van der Waals surface area contributed by atoms with Crippen LogP contribution in [0.1, 0.15) is 11.3 Å². The lowest BCUT2D eigenvalue weighted by molar-refractivity contribution is 1.25. The van der Waals surface area contributed by atoms with Crippen LogP contribution in [0, 0.1) is 18.3 Å². The van der Waals surface area contributed by atoms with E-state index in [0.717, 1.165) is 10.4 Å². The Labute approximate surface area is 105 Å². The largest absolute Gasteiger partial charge is 0.234 e. The number of aryl methyl sites for hydroxylation is 1. The van der Waals surface area contributed by atoms with E-state index < -0.39 is 0 Å². The highest BCUT2D eigenvalue weighted by atomic mass is 35.5. The van der Waals surface area contributed by atoms with Gasteiger partial charge in [0.15, 0.2) is 4.67 Å². The van der Waals surface area contributed by atoms with Crippen molar-refractivity contribution in [1.29, 1.82) is 5.26 Å². The first-order valence-electron chi connectivity index (χ1n) is 4.37. The molecule has 0 aliphatic rings. The molecule has 2 aromatic rings. The van der Waals surface area contributed by atoms with Gasteiger partial charge >= 0.3 is 0 Å². The molecule has 0 spiro atoms. The Balaban J connectivity index is 2.62. The summed E-state index contributed by atoms with van der Waals surface area (Å²) in [7, 11) is 2.87. The predicted octanol–water partition coefficient (Wildman–Crippen LogP) is 3.27. The lowest BCUT2D eigenvalue weighted by Crippen LogP contribution is -1.97. The highest BCUT2D eigenvalue weighted by Gasteiger charge is 2.02. The summed E-state index contributed by atoms with van der Waals surface area (Å²) in [6.45, 7) is 1.89. The Bertz CT molecular complexity index is 621. The Morgan fingerprint density at radius 2 is 2.31 bits per heavy atom. The zero-order valence-corrected chi connectivity index (χ0v) is 10.7. The zero-order valence-electron chi connectivity index (χ0n) is 8.27. The summed E-state index contributed by atoms with van der Waals surface area (Å²) in [5.41, 5.74) is 1.98. The minimum atomic E-state index is 0.516. The number of benzene rings is 1. The molecule has 0 bridgehead atoms. The molecule has 0 fully saturated rings. The fraction of sp³-hybridized carbons (Fsp3) is 0.100. The maximum absolute atomic E-state index is 8.94. The van der Waals surface area contributed by atoms with E-state index in [2.05, 4.69) is 15.4 Å². The SMILES string of the molecule is Cc1nss/c1=N\c1cc(Cl)ccc1C#N.